The van der Waals surface area contributed by atoms with Gasteiger partial charge in [0.15, 0.2) is 11.5 Å². The van der Waals surface area contributed by atoms with Gasteiger partial charge >= 0.3 is 0 Å². The lowest BCUT2D eigenvalue weighted by atomic mass is 10.0. The Morgan fingerprint density at radius 1 is 1.03 bits per heavy atom. The lowest BCUT2D eigenvalue weighted by Crippen LogP contribution is -2.32. The second-order valence-corrected chi connectivity index (χ2v) is 10.3. The van der Waals surface area contributed by atoms with Gasteiger partial charge in [0.2, 0.25) is 0 Å². The van der Waals surface area contributed by atoms with Gasteiger partial charge in [0.05, 0.1) is 29.1 Å². The molecule has 0 radical (unpaired) electrons. The number of nitrogens with zero attached hydrogens (tertiary/aromatic N) is 1. The number of benzene rings is 2. The molecule has 0 bridgehead atoms. The Hall–Kier alpha value is -2.45. The highest BCUT2D eigenvalue weighted by Gasteiger charge is 2.35. The normalized spacial score (nSPS) is 14.8. The van der Waals surface area contributed by atoms with Gasteiger partial charge in [-0.25, -0.2) is 0 Å². The fourth-order valence-electron chi connectivity index (χ4n) is 3.61. The first-order valence-corrected chi connectivity index (χ1v) is 13.4. The summed E-state index contributed by atoms with van der Waals surface area (Å²) < 4.78 is 18.3. The van der Waals surface area contributed by atoms with Crippen molar-refractivity contribution in [2.75, 3.05) is 26.4 Å². The van der Waals surface area contributed by atoms with E-state index in [0.717, 1.165) is 45.1 Å². The minimum absolute atomic E-state index is 0.186. The van der Waals surface area contributed by atoms with Crippen LogP contribution in [0.1, 0.15) is 56.7 Å². The highest BCUT2D eigenvalue weighted by molar-refractivity contribution is 9.10. The third kappa shape index (κ3) is 6.82. The van der Waals surface area contributed by atoms with E-state index in [-0.39, 0.29) is 24.3 Å². The van der Waals surface area contributed by atoms with Gasteiger partial charge in [0.25, 0.3) is 11.1 Å². The van der Waals surface area contributed by atoms with Crippen molar-refractivity contribution >= 4 is 44.9 Å². The minimum Gasteiger partial charge on any atom is -0.491 e. The van der Waals surface area contributed by atoms with E-state index in [1.807, 2.05) is 39.0 Å². The van der Waals surface area contributed by atoms with Crippen LogP contribution in [0.15, 0.2) is 39.7 Å². The summed E-state index contributed by atoms with van der Waals surface area (Å²) in [7, 11) is 0. The molecule has 2 amide bonds. The summed E-state index contributed by atoms with van der Waals surface area (Å²) in [6.45, 7) is 11.6. The van der Waals surface area contributed by atoms with Crippen molar-refractivity contribution in [3.8, 4) is 17.2 Å². The van der Waals surface area contributed by atoms with Crippen molar-refractivity contribution in [2.45, 2.75) is 47.0 Å². The quantitative estimate of drug-likeness (QED) is 0.270. The molecule has 8 heteroatoms. The highest BCUT2D eigenvalue weighted by atomic mass is 79.9. The molecule has 0 saturated carbocycles. The van der Waals surface area contributed by atoms with Crippen LogP contribution in [0.25, 0.3) is 6.08 Å². The lowest BCUT2D eigenvalue weighted by Gasteiger charge is -2.17. The summed E-state index contributed by atoms with van der Waals surface area (Å²) in [5.74, 6) is 2.00. The van der Waals surface area contributed by atoms with Gasteiger partial charge in [-0.05, 0) is 94.8 Å². The Morgan fingerprint density at radius 2 is 1.80 bits per heavy atom. The predicted octanol–water partition coefficient (Wildman–Crippen LogP) is 7.18. The summed E-state index contributed by atoms with van der Waals surface area (Å²) in [6, 6.07) is 9.79. The first-order chi connectivity index (χ1) is 16.7. The molecule has 1 aliphatic heterocycles. The number of hydrogen-bond donors (Lipinski definition) is 0. The van der Waals surface area contributed by atoms with Crippen LogP contribution < -0.4 is 14.2 Å². The number of imide groups is 1. The zero-order chi connectivity index (χ0) is 25.5. The maximum atomic E-state index is 13.0. The largest absolute Gasteiger partial charge is 0.491 e. The topological polar surface area (TPSA) is 65.1 Å². The highest BCUT2D eigenvalue weighted by Crippen LogP contribution is 2.39. The van der Waals surface area contributed by atoms with Crippen LogP contribution in [-0.4, -0.2) is 42.4 Å². The van der Waals surface area contributed by atoms with Crippen LogP contribution in [-0.2, 0) is 4.79 Å². The number of ether oxygens (including phenoxy) is 3. The number of hydrogen-bond acceptors (Lipinski definition) is 6. The maximum Gasteiger partial charge on any atom is 0.293 e. The Morgan fingerprint density at radius 3 is 2.49 bits per heavy atom. The van der Waals surface area contributed by atoms with Crippen molar-refractivity contribution in [3.63, 3.8) is 0 Å². The Bertz CT molecular complexity index is 1110. The zero-order valence-electron chi connectivity index (χ0n) is 20.9. The summed E-state index contributed by atoms with van der Waals surface area (Å²) in [4.78, 5) is 27.2. The number of thioether (sulfide) groups is 1. The summed E-state index contributed by atoms with van der Waals surface area (Å²) in [6.07, 6.45) is 2.58. The zero-order valence-corrected chi connectivity index (χ0v) is 23.3. The van der Waals surface area contributed by atoms with Crippen molar-refractivity contribution < 1.29 is 23.8 Å². The van der Waals surface area contributed by atoms with Gasteiger partial charge in [0, 0.05) is 0 Å². The van der Waals surface area contributed by atoms with Crippen LogP contribution in [0.5, 0.6) is 17.2 Å². The summed E-state index contributed by atoms with van der Waals surface area (Å²) >= 11 is 4.48. The molecule has 0 unspecified atom stereocenters. The van der Waals surface area contributed by atoms with Crippen LogP contribution in [0.3, 0.4) is 0 Å². The monoisotopic (exact) mass is 561 g/mol. The molecule has 35 heavy (non-hydrogen) atoms. The minimum atomic E-state index is -0.322. The van der Waals surface area contributed by atoms with Crippen LogP contribution in [0.2, 0.25) is 0 Å². The summed E-state index contributed by atoms with van der Waals surface area (Å²) in [5.41, 5.74) is 2.95. The van der Waals surface area contributed by atoms with Crippen LogP contribution >= 0.6 is 27.7 Å². The van der Waals surface area contributed by atoms with E-state index in [9.17, 15) is 9.59 Å². The van der Waals surface area contributed by atoms with E-state index in [1.165, 1.54) is 4.90 Å². The molecule has 0 N–H and O–H groups in total. The first-order valence-electron chi connectivity index (χ1n) is 11.8. The van der Waals surface area contributed by atoms with Gasteiger partial charge in [-0.1, -0.05) is 32.9 Å². The van der Waals surface area contributed by atoms with E-state index in [2.05, 4.69) is 41.9 Å². The molecule has 1 fully saturated rings. The average molecular weight is 563 g/mol. The Kier molecular flexibility index (Phi) is 9.69. The molecule has 0 atom stereocenters. The molecule has 2 aromatic rings. The number of amides is 2. The van der Waals surface area contributed by atoms with Gasteiger partial charge in [-0.15, -0.1) is 0 Å². The van der Waals surface area contributed by atoms with E-state index in [4.69, 9.17) is 14.2 Å². The Balaban J connectivity index is 1.73. The number of carbonyl (C=O) groups excluding carboxylic acids is 2. The molecule has 0 aliphatic carbocycles. The molecule has 0 aromatic heterocycles. The van der Waals surface area contributed by atoms with Gasteiger partial charge < -0.3 is 14.2 Å². The molecular weight excluding hydrogens is 530 g/mol. The number of rotatable bonds is 11. The number of halogens is 1. The Labute approximate surface area is 220 Å². The first kappa shape index (κ1) is 27.1. The smallest absolute Gasteiger partial charge is 0.293 e. The van der Waals surface area contributed by atoms with E-state index >= 15 is 0 Å². The fraction of sp³-hybridized carbons (Fsp3) is 0.407. The molecule has 3 rings (SSSR count). The molecule has 6 nitrogen and oxygen atoms in total. The number of aryl methyl sites for hydroxylation is 1. The predicted molar refractivity (Wildman–Crippen MR) is 145 cm³/mol. The SMILES string of the molecule is CCCOc1c(Br)cc(/C=C2\SC(=O)N(CCOc3cc(C)ccc3C(C)C)C2=O)cc1OCC. The second-order valence-electron chi connectivity index (χ2n) is 8.49. The van der Waals surface area contributed by atoms with Crippen LogP contribution in [0.4, 0.5) is 4.79 Å². The summed E-state index contributed by atoms with van der Waals surface area (Å²) in [5, 5.41) is -0.301. The molecule has 2 aromatic carbocycles. The number of carbonyl (C=O) groups is 2. The van der Waals surface area contributed by atoms with Gasteiger partial charge in [0.1, 0.15) is 12.4 Å². The van der Waals surface area contributed by atoms with Crippen molar-refractivity contribution in [3.05, 3.63) is 56.4 Å². The van der Waals surface area contributed by atoms with Crippen LogP contribution in [0, 0.1) is 6.92 Å². The van der Waals surface area contributed by atoms with E-state index in [0.29, 0.717) is 35.5 Å². The van der Waals surface area contributed by atoms with Crippen molar-refractivity contribution in [1.29, 1.82) is 0 Å². The maximum absolute atomic E-state index is 13.0. The molecular formula is C27H32BrNO5S. The fourth-order valence-corrected chi connectivity index (χ4v) is 5.05. The van der Waals surface area contributed by atoms with Gasteiger partial charge in [-0.2, -0.15) is 0 Å². The molecule has 1 saturated heterocycles. The molecule has 1 heterocycles. The van der Waals surface area contributed by atoms with E-state index in [1.54, 1.807) is 6.08 Å². The standard InChI is InChI=1S/C27H32BrNO5S/c1-6-11-34-25-21(28)14-19(15-23(25)32-7-2)16-24-26(30)29(27(31)35-24)10-12-33-22-13-18(5)8-9-20(22)17(3)4/h8-9,13-17H,6-7,10-12H2,1-5H3/b24-16-. The second kappa shape index (κ2) is 12.5. The van der Waals surface area contributed by atoms with E-state index < -0.39 is 0 Å². The lowest BCUT2D eigenvalue weighted by molar-refractivity contribution is -0.123. The third-order valence-electron chi connectivity index (χ3n) is 5.32. The molecule has 188 valence electrons. The molecule has 1 aliphatic rings. The van der Waals surface area contributed by atoms with Gasteiger partial charge in [-0.3, -0.25) is 14.5 Å². The van der Waals surface area contributed by atoms with Crippen molar-refractivity contribution in [1.82, 2.24) is 4.90 Å². The average Bonchev–Trinajstić information content (AvgIpc) is 3.06. The third-order valence-corrected chi connectivity index (χ3v) is 6.81. The molecule has 0 spiro atoms. The van der Waals surface area contributed by atoms with Crippen molar-refractivity contribution in [2.24, 2.45) is 0 Å².